The van der Waals surface area contributed by atoms with E-state index in [1.54, 1.807) is 19.2 Å². The molecule has 0 atom stereocenters. The first-order valence-corrected chi connectivity index (χ1v) is 7.21. The molecule has 24 heavy (non-hydrogen) atoms. The SMILES string of the molecule is COc1ccccc1NC(=S)N/N=C\c1ccc(C(F)(F)F)cc1. The molecule has 0 unspecified atom stereocenters. The molecule has 0 aliphatic heterocycles. The van der Waals surface area contributed by atoms with Crippen LogP contribution in [0.4, 0.5) is 18.9 Å². The normalized spacial score (nSPS) is 11.3. The number of hydrogen-bond acceptors (Lipinski definition) is 3. The zero-order valence-corrected chi connectivity index (χ0v) is 13.4. The molecule has 2 rings (SSSR count). The van der Waals surface area contributed by atoms with Crippen LogP contribution in [-0.2, 0) is 6.18 Å². The predicted molar refractivity (Wildman–Crippen MR) is 91.4 cm³/mol. The number of alkyl halides is 3. The molecule has 0 radical (unpaired) electrons. The van der Waals surface area contributed by atoms with Gasteiger partial charge in [0.15, 0.2) is 5.11 Å². The van der Waals surface area contributed by atoms with Gasteiger partial charge in [-0.2, -0.15) is 18.3 Å². The van der Waals surface area contributed by atoms with Crippen molar-refractivity contribution in [2.75, 3.05) is 12.4 Å². The van der Waals surface area contributed by atoms with Crippen LogP contribution in [0.15, 0.2) is 53.6 Å². The summed E-state index contributed by atoms with van der Waals surface area (Å²) in [5.41, 5.74) is 3.06. The number of benzene rings is 2. The highest BCUT2D eigenvalue weighted by Gasteiger charge is 2.29. The quantitative estimate of drug-likeness (QED) is 0.495. The lowest BCUT2D eigenvalue weighted by Crippen LogP contribution is -2.24. The lowest BCUT2D eigenvalue weighted by molar-refractivity contribution is -0.137. The Morgan fingerprint density at radius 3 is 2.42 bits per heavy atom. The monoisotopic (exact) mass is 353 g/mol. The van der Waals surface area contributed by atoms with Gasteiger partial charge in [0.1, 0.15) is 5.75 Å². The number of hydrazone groups is 1. The van der Waals surface area contributed by atoms with Crippen molar-refractivity contribution in [2.45, 2.75) is 6.18 Å². The summed E-state index contributed by atoms with van der Waals surface area (Å²) >= 11 is 5.09. The van der Waals surface area contributed by atoms with Crippen molar-refractivity contribution in [1.82, 2.24) is 5.43 Å². The summed E-state index contributed by atoms with van der Waals surface area (Å²) in [5, 5.41) is 7.02. The van der Waals surface area contributed by atoms with Crippen LogP contribution in [-0.4, -0.2) is 18.4 Å². The number of hydrogen-bond donors (Lipinski definition) is 2. The van der Waals surface area contributed by atoms with Crippen LogP contribution in [0.5, 0.6) is 5.75 Å². The fourth-order valence-corrected chi connectivity index (χ4v) is 1.98. The van der Waals surface area contributed by atoms with E-state index in [9.17, 15) is 13.2 Å². The van der Waals surface area contributed by atoms with Crippen LogP contribution < -0.4 is 15.5 Å². The van der Waals surface area contributed by atoms with E-state index in [-0.39, 0.29) is 5.11 Å². The van der Waals surface area contributed by atoms with Crippen LogP contribution in [0.2, 0.25) is 0 Å². The van der Waals surface area contributed by atoms with E-state index < -0.39 is 11.7 Å². The molecule has 8 heteroatoms. The van der Waals surface area contributed by atoms with Gasteiger partial charge in [0, 0.05) is 0 Å². The number of halogens is 3. The number of anilines is 1. The van der Waals surface area contributed by atoms with Crippen molar-refractivity contribution >= 4 is 29.2 Å². The molecule has 0 saturated heterocycles. The molecule has 4 nitrogen and oxygen atoms in total. The maximum absolute atomic E-state index is 12.5. The molecule has 0 spiro atoms. The van der Waals surface area contributed by atoms with Gasteiger partial charge in [-0.15, -0.1) is 0 Å². The molecule has 0 aromatic heterocycles. The van der Waals surface area contributed by atoms with Crippen molar-refractivity contribution < 1.29 is 17.9 Å². The second kappa shape index (κ2) is 7.78. The largest absolute Gasteiger partial charge is 0.495 e. The molecule has 2 aromatic rings. The first kappa shape index (κ1) is 17.7. The number of thiocarbonyl (C=S) groups is 1. The van der Waals surface area contributed by atoms with Gasteiger partial charge in [-0.1, -0.05) is 24.3 Å². The zero-order valence-electron chi connectivity index (χ0n) is 12.6. The smallest absolute Gasteiger partial charge is 0.416 e. The topological polar surface area (TPSA) is 45.6 Å². The molecule has 0 amide bonds. The molecule has 126 valence electrons. The molecular weight excluding hydrogens is 339 g/mol. The molecular formula is C16H14F3N3OS. The lowest BCUT2D eigenvalue weighted by Gasteiger charge is -2.10. The van der Waals surface area contributed by atoms with E-state index in [2.05, 4.69) is 15.8 Å². The fraction of sp³-hybridized carbons (Fsp3) is 0.125. The summed E-state index contributed by atoms with van der Waals surface area (Å²) in [7, 11) is 1.54. The zero-order chi connectivity index (χ0) is 17.6. The Bertz CT molecular complexity index is 730. The Hall–Kier alpha value is -2.61. The van der Waals surface area contributed by atoms with Gasteiger partial charge in [-0.3, -0.25) is 5.43 Å². The minimum Gasteiger partial charge on any atom is -0.495 e. The first-order valence-electron chi connectivity index (χ1n) is 6.80. The molecule has 0 fully saturated rings. The lowest BCUT2D eigenvalue weighted by atomic mass is 10.1. The van der Waals surface area contributed by atoms with Crippen LogP contribution in [0.25, 0.3) is 0 Å². The minimum absolute atomic E-state index is 0.225. The maximum atomic E-state index is 12.5. The van der Waals surface area contributed by atoms with Gasteiger partial charge in [0.2, 0.25) is 0 Å². The Morgan fingerprint density at radius 2 is 1.79 bits per heavy atom. The second-order valence-electron chi connectivity index (χ2n) is 4.64. The van der Waals surface area contributed by atoms with Crippen molar-refractivity contribution in [3.8, 4) is 5.75 Å². The standard InChI is InChI=1S/C16H14F3N3OS/c1-23-14-5-3-2-4-13(14)21-15(24)22-20-10-11-6-8-12(9-7-11)16(17,18)19/h2-10H,1H3,(H2,21,22,24)/b20-10-. The van der Waals surface area contributed by atoms with E-state index in [4.69, 9.17) is 17.0 Å². The van der Waals surface area contributed by atoms with Gasteiger partial charge in [0.05, 0.1) is 24.6 Å². The summed E-state index contributed by atoms with van der Waals surface area (Å²) in [4.78, 5) is 0. The third-order valence-electron chi connectivity index (χ3n) is 2.97. The predicted octanol–water partition coefficient (Wildman–Crippen LogP) is 4.03. The van der Waals surface area contributed by atoms with E-state index in [0.717, 1.165) is 12.1 Å². The van der Waals surface area contributed by atoms with Gasteiger partial charge < -0.3 is 10.1 Å². The van der Waals surface area contributed by atoms with Crippen LogP contribution in [0, 0.1) is 0 Å². The van der Waals surface area contributed by atoms with Gasteiger partial charge in [-0.05, 0) is 42.0 Å². The van der Waals surface area contributed by atoms with Crippen molar-refractivity contribution in [3.63, 3.8) is 0 Å². The highest BCUT2D eigenvalue weighted by molar-refractivity contribution is 7.80. The molecule has 0 bridgehead atoms. The van der Waals surface area contributed by atoms with Crippen LogP contribution >= 0.6 is 12.2 Å². The van der Waals surface area contributed by atoms with Crippen molar-refractivity contribution in [2.24, 2.45) is 5.10 Å². The van der Waals surface area contributed by atoms with Gasteiger partial charge in [0.25, 0.3) is 0 Å². The minimum atomic E-state index is -4.35. The summed E-state index contributed by atoms with van der Waals surface area (Å²) in [6.45, 7) is 0. The van der Waals surface area contributed by atoms with E-state index >= 15 is 0 Å². The average Bonchev–Trinajstić information content (AvgIpc) is 2.55. The first-order chi connectivity index (χ1) is 11.4. The molecule has 0 aliphatic rings. The molecule has 0 saturated carbocycles. The summed E-state index contributed by atoms with van der Waals surface area (Å²) in [6.07, 6.45) is -2.98. The van der Waals surface area contributed by atoms with Crippen molar-refractivity contribution in [3.05, 3.63) is 59.7 Å². The fourth-order valence-electron chi connectivity index (χ4n) is 1.82. The molecule has 0 aliphatic carbocycles. The number of rotatable bonds is 4. The van der Waals surface area contributed by atoms with Gasteiger partial charge >= 0.3 is 6.18 Å². The van der Waals surface area contributed by atoms with Crippen molar-refractivity contribution in [1.29, 1.82) is 0 Å². The Morgan fingerprint density at radius 1 is 1.12 bits per heavy atom. The Kier molecular flexibility index (Phi) is 5.75. The second-order valence-corrected chi connectivity index (χ2v) is 5.05. The number of ether oxygens (including phenoxy) is 1. The van der Waals surface area contributed by atoms with E-state index in [0.29, 0.717) is 17.0 Å². The van der Waals surface area contributed by atoms with E-state index in [1.165, 1.54) is 18.3 Å². The third-order valence-corrected chi connectivity index (χ3v) is 3.17. The number of para-hydroxylation sites is 2. The average molecular weight is 353 g/mol. The van der Waals surface area contributed by atoms with E-state index in [1.807, 2.05) is 12.1 Å². The summed E-state index contributed by atoms with van der Waals surface area (Å²) < 4.78 is 42.6. The Balaban J connectivity index is 1.92. The third kappa shape index (κ3) is 4.95. The number of methoxy groups -OCH3 is 1. The van der Waals surface area contributed by atoms with Gasteiger partial charge in [-0.25, -0.2) is 0 Å². The highest BCUT2D eigenvalue weighted by atomic mass is 32.1. The summed E-state index contributed by atoms with van der Waals surface area (Å²) in [6, 6.07) is 11.8. The molecule has 2 N–H and O–H groups in total. The highest BCUT2D eigenvalue weighted by Crippen LogP contribution is 2.28. The van der Waals surface area contributed by atoms with Crippen LogP contribution in [0.1, 0.15) is 11.1 Å². The maximum Gasteiger partial charge on any atom is 0.416 e. The molecule has 2 aromatic carbocycles. The Labute approximate surface area is 142 Å². The van der Waals surface area contributed by atoms with Crippen LogP contribution in [0.3, 0.4) is 0 Å². The number of nitrogens with zero attached hydrogens (tertiary/aromatic N) is 1. The summed E-state index contributed by atoms with van der Waals surface area (Å²) in [5.74, 6) is 0.619. The molecule has 0 heterocycles. The number of nitrogens with one attached hydrogen (secondary N) is 2.